The molecule has 1 aromatic heterocycles. The van der Waals surface area contributed by atoms with Gasteiger partial charge in [0.1, 0.15) is 11.4 Å². The Kier molecular flexibility index (Phi) is 3.92. The lowest BCUT2D eigenvalue weighted by Crippen LogP contribution is -2.40. The van der Waals surface area contributed by atoms with E-state index in [2.05, 4.69) is 5.32 Å². The highest BCUT2D eigenvalue weighted by atomic mass is 19.1. The predicted molar refractivity (Wildman–Crippen MR) is 95.8 cm³/mol. The molecule has 0 bridgehead atoms. The van der Waals surface area contributed by atoms with Crippen LogP contribution in [0.2, 0.25) is 0 Å². The van der Waals surface area contributed by atoms with Crippen molar-refractivity contribution in [2.45, 2.75) is 18.6 Å². The molecular formula is C21H17FN2O2. The number of cyclic esters (lactones) is 1. The number of carbonyl (C=O) groups is 1. The van der Waals surface area contributed by atoms with Crippen LogP contribution in [0.25, 0.3) is 11.3 Å². The number of nitrogens with one attached hydrogen (secondary N) is 1. The number of alkyl carbamates (subject to hydrolysis) is 1. The molecule has 1 amide bonds. The first-order valence-corrected chi connectivity index (χ1v) is 8.34. The second-order valence-electron chi connectivity index (χ2n) is 6.41. The molecule has 1 saturated heterocycles. The van der Waals surface area contributed by atoms with Crippen LogP contribution in [-0.2, 0) is 10.3 Å². The number of rotatable bonds is 3. The summed E-state index contributed by atoms with van der Waals surface area (Å²) in [5, 5.41) is 2.81. The van der Waals surface area contributed by atoms with Gasteiger partial charge in [0.05, 0.1) is 11.4 Å². The van der Waals surface area contributed by atoms with Crippen molar-refractivity contribution < 1.29 is 13.9 Å². The third-order valence-corrected chi connectivity index (χ3v) is 4.65. The number of ether oxygens (including phenoxy) is 1. The van der Waals surface area contributed by atoms with E-state index >= 15 is 0 Å². The number of amides is 1. The Morgan fingerprint density at radius 2 is 1.73 bits per heavy atom. The fourth-order valence-electron chi connectivity index (χ4n) is 3.29. The van der Waals surface area contributed by atoms with Gasteiger partial charge in [0.15, 0.2) is 6.10 Å². The van der Waals surface area contributed by atoms with Crippen molar-refractivity contribution in [3.05, 3.63) is 89.9 Å². The molecule has 130 valence electrons. The standard InChI is InChI=1S/C21H17FN2O2/c1-21(18-13-7-12-17(23-18)14-8-3-2-4-9-14)19(26-20(25)24-21)15-10-5-6-11-16(15)22/h2-13,19H,1H3,(H,24,25)/t19-,21+/m0/s1. The summed E-state index contributed by atoms with van der Waals surface area (Å²) >= 11 is 0. The van der Waals surface area contributed by atoms with Crippen LogP contribution in [0.5, 0.6) is 0 Å². The smallest absolute Gasteiger partial charge is 0.408 e. The lowest BCUT2D eigenvalue weighted by molar-refractivity contribution is 0.109. The molecule has 3 aromatic rings. The monoisotopic (exact) mass is 348 g/mol. The molecule has 4 rings (SSSR count). The molecular weight excluding hydrogens is 331 g/mol. The Morgan fingerprint density at radius 1 is 1.00 bits per heavy atom. The number of pyridine rings is 1. The van der Waals surface area contributed by atoms with Crippen molar-refractivity contribution in [2.75, 3.05) is 0 Å². The zero-order chi connectivity index (χ0) is 18.1. The maximum Gasteiger partial charge on any atom is 0.408 e. The highest BCUT2D eigenvalue weighted by molar-refractivity contribution is 5.72. The Labute approximate surface area is 150 Å². The Hall–Kier alpha value is -3.21. The summed E-state index contributed by atoms with van der Waals surface area (Å²) in [5.74, 6) is -0.417. The summed E-state index contributed by atoms with van der Waals surface area (Å²) in [6.07, 6.45) is -1.40. The van der Waals surface area contributed by atoms with E-state index in [-0.39, 0.29) is 0 Å². The average molecular weight is 348 g/mol. The van der Waals surface area contributed by atoms with Crippen molar-refractivity contribution in [3.8, 4) is 11.3 Å². The molecule has 1 fully saturated rings. The lowest BCUT2D eigenvalue weighted by Gasteiger charge is -2.28. The minimum absolute atomic E-state index is 0.320. The zero-order valence-electron chi connectivity index (χ0n) is 14.1. The second-order valence-corrected chi connectivity index (χ2v) is 6.41. The Bertz CT molecular complexity index is 961. The molecule has 0 aliphatic carbocycles. The first-order chi connectivity index (χ1) is 12.6. The lowest BCUT2D eigenvalue weighted by atomic mass is 9.86. The molecule has 0 saturated carbocycles. The molecule has 0 radical (unpaired) electrons. The second kappa shape index (κ2) is 6.26. The maximum absolute atomic E-state index is 14.3. The maximum atomic E-state index is 14.3. The van der Waals surface area contributed by atoms with Crippen molar-refractivity contribution >= 4 is 6.09 Å². The van der Waals surface area contributed by atoms with Gasteiger partial charge in [0.25, 0.3) is 0 Å². The van der Waals surface area contributed by atoms with Crippen molar-refractivity contribution in [3.63, 3.8) is 0 Å². The van der Waals surface area contributed by atoms with E-state index in [4.69, 9.17) is 9.72 Å². The van der Waals surface area contributed by atoms with E-state index in [0.717, 1.165) is 11.3 Å². The van der Waals surface area contributed by atoms with E-state index in [0.29, 0.717) is 11.3 Å². The number of benzene rings is 2. The van der Waals surface area contributed by atoms with Crippen molar-refractivity contribution in [1.82, 2.24) is 10.3 Å². The molecule has 26 heavy (non-hydrogen) atoms. The van der Waals surface area contributed by atoms with E-state index in [1.165, 1.54) is 6.07 Å². The van der Waals surface area contributed by atoms with Gasteiger partial charge in [0.2, 0.25) is 0 Å². The van der Waals surface area contributed by atoms with Gasteiger partial charge in [-0.2, -0.15) is 0 Å². The number of hydrogen-bond acceptors (Lipinski definition) is 3. The molecule has 1 aliphatic heterocycles. The predicted octanol–water partition coefficient (Wildman–Crippen LogP) is 4.58. The molecule has 0 unspecified atom stereocenters. The minimum atomic E-state index is -0.982. The molecule has 2 aromatic carbocycles. The number of halogens is 1. The highest BCUT2D eigenvalue weighted by Crippen LogP contribution is 2.42. The molecule has 5 heteroatoms. The van der Waals surface area contributed by atoms with Crippen LogP contribution in [0.1, 0.15) is 24.3 Å². The topological polar surface area (TPSA) is 51.2 Å². The van der Waals surface area contributed by atoms with Gasteiger partial charge in [-0.15, -0.1) is 0 Å². The molecule has 1 N–H and O–H groups in total. The molecule has 4 nitrogen and oxygen atoms in total. The van der Waals surface area contributed by atoms with Gasteiger partial charge in [-0.1, -0.05) is 54.6 Å². The Balaban J connectivity index is 1.80. The molecule has 2 atom stereocenters. The fourth-order valence-corrected chi connectivity index (χ4v) is 3.29. The van der Waals surface area contributed by atoms with Crippen LogP contribution >= 0.6 is 0 Å². The van der Waals surface area contributed by atoms with Crippen molar-refractivity contribution in [2.24, 2.45) is 0 Å². The van der Waals surface area contributed by atoms with E-state index in [1.807, 2.05) is 48.5 Å². The SMILES string of the molecule is C[C@]1(c2cccc(-c3ccccc3)n2)NC(=O)O[C@H]1c1ccccc1F. The Morgan fingerprint density at radius 3 is 2.50 bits per heavy atom. The molecule has 2 heterocycles. The van der Waals surface area contributed by atoms with Gasteiger partial charge in [0, 0.05) is 11.1 Å². The van der Waals surface area contributed by atoms with Crippen LogP contribution < -0.4 is 5.32 Å². The summed E-state index contributed by atoms with van der Waals surface area (Å²) in [5.41, 5.74) is 1.69. The first kappa shape index (κ1) is 16.3. The summed E-state index contributed by atoms with van der Waals surface area (Å²) in [7, 11) is 0. The van der Waals surface area contributed by atoms with E-state index in [9.17, 15) is 9.18 Å². The minimum Gasteiger partial charge on any atom is -0.438 e. The quantitative estimate of drug-likeness (QED) is 0.753. The van der Waals surface area contributed by atoms with Gasteiger partial charge in [-0.25, -0.2) is 9.18 Å². The van der Waals surface area contributed by atoms with Gasteiger partial charge >= 0.3 is 6.09 Å². The van der Waals surface area contributed by atoms with Crippen LogP contribution in [0.15, 0.2) is 72.8 Å². The van der Waals surface area contributed by atoms with Crippen LogP contribution in [0.4, 0.5) is 9.18 Å². The van der Waals surface area contributed by atoms with Gasteiger partial charge in [-0.3, -0.25) is 4.98 Å². The summed E-state index contributed by atoms with van der Waals surface area (Å²) in [4.78, 5) is 16.7. The summed E-state index contributed by atoms with van der Waals surface area (Å²) in [6.45, 7) is 1.80. The van der Waals surface area contributed by atoms with Crippen LogP contribution in [-0.4, -0.2) is 11.1 Å². The molecule has 1 aliphatic rings. The van der Waals surface area contributed by atoms with E-state index < -0.39 is 23.6 Å². The normalized spacial score (nSPS) is 21.9. The number of aromatic nitrogens is 1. The third kappa shape index (κ3) is 2.71. The van der Waals surface area contributed by atoms with Gasteiger partial charge in [-0.05, 0) is 25.1 Å². The average Bonchev–Trinajstić information content (AvgIpc) is 2.98. The van der Waals surface area contributed by atoms with Crippen molar-refractivity contribution in [1.29, 1.82) is 0 Å². The summed E-state index contributed by atoms with van der Waals surface area (Å²) < 4.78 is 19.7. The van der Waals surface area contributed by atoms with Crippen LogP contribution in [0, 0.1) is 5.82 Å². The van der Waals surface area contributed by atoms with Crippen LogP contribution in [0.3, 0.4) is 0 Å². The highest BCUT2D eigenvalue weighted by Gasteiger charge is 2.49. The number of nitrogens with zero attached hydrogens (tertiary/aromatic N) is 1. The fraction of sp³-hybridized carbons (Fsp3) is 0.143. The van der Waals surface area contributed by atoms with Gasteiger partial charge < -0.3 is 10.1 Å². The third-order valence-electron chi connectivity index (χ3n) is 4.65. The first-order valence-electron chi connectivity index (χ1n) is 8.34. The summed E-state index contributed by atoms with van der Waals surface area (Å²) in [6, 6.07) is 21.6. The zero-order valence-corrected chi connectivity index (χ0v) is 14.1. The number of hydrogen-bond donors (Lipinski definition) is 1. The number of carbonyl (C=O) groups excluding carboxylic acids is 1. The molecule has 0 spiro atoms. The largest absolute Gasteiger partial charge is 0.438 e. The van der Waals surface area contributed by atoms with E-state index in [1.54, 1.807) is 25.1 Å².